The summed E-state index contributed by atoms with van der Waals surface area (Å²) in [5.74, 6) is -0.371. The second-order valence-corrected chi connectivity index (χ2v) is 7.66. The van der Waals surface area contributed by atoms with E-state index in [-0.39, 0.29) is 17.2 Å². The quantitative estimate of drug-likeness (QED) is 0.470. The van der Waals surface area contributed by atoms with E-state index in [1.54, 1.807) is 31.2 Å². The fourth-order valence-electron chi connectivity index (χ4n) is 3.31. The number of hydrogen-bond donors (Lipinski definition) is 2. The van der Waals surface area contributed by atoms with E-state index < -0.39 is 5.91 Å². The third kappa shape index (κ3) is 3.97. The van der Waals surface area contributed by atoms with Crippen molar-refractivity contribution in [3.8, 4) is 5.82 Å². The topological polar surface area (TPSA) is 88.9 Å². The molecular weight excluding hydrogens is 437 g/mol. The maximum atomic E-state index is 13.5. The molecule has 0 aliphatic carbocycles. The molecule has 0 spiro atoms. The Balaban J connectivity index is 1.85. The standard InChI is InChI=1S/C22H17Cl2N5O2/c1-12-9-14(24)10-16(21(30)25-2)19(12)27-22(31)20-15-5-3-4-6-17(15)28-29(20)18-8-7-13(23)11-26-18/h3-11H,1-2H3,(H,25,30)(H,27,31). The number of fused-ring (bicyclic) bond motifs is 1. The molecular formula is C22H17Cl2N5O2. The summed E-state index contributed by atoms with van der Waals surface area (Å²) in [6.45, 7) is 1.77. The van der Waals surface area contributed by atoms with Gasteiger partial charge in [0, 0.05) is 23.7 Å². The van der Waals surface area contributed by atoms with Crippen LogP contribution in [-0.2, 0) is 0 Å². The van der Waals surface area contributed by atoms with Crippen molar-refractivity contribution in [2.75, 3.05) is 12.4 Å². The minimum atomic E-state index is -0.443. The highest BCUT2D eigenvalue weighted by molar-refractivity contribution is 6.31. The summed E-state index contributed by atoms with van der Waals surface area (Å²) >= 11 is 12.1. The Morgan fingerprint density at radius 1 is 1.00 bits per heavy atom. The molecule has 4 aromatic rings. The summed E-state index contributed by atoms with van der Waals surface area (Å²) in [6, 6.07) is 13.8. The number of pyridine rings is 1. The average Bonchev–Trinajstić information content (AvgIpc) is 3.15. The Labute approximate surface area is 188 Å². The van der Waals surface area contributed by atoms with Crippen molar-refractivity contribution in [2.45, 2.75) is 6.92 Å². The number of hydrogen-bond acceptors (Lipinski definition) is 4. The smallest absolute Gasteiger partial charge is 0.275 e. The zero-order chi connectivity index (χ0) is 22.1. The highest BCUT2D eigenvalue weighted by Crippen LogP contribution is 2.28. The Bertz CT molecular complexity index is 1320. The van der Waals surface area contributed by atoms with Gasteiger partial charge in [-0.1, -0.05) is 41.4 Å². The molecule has 0 saturated carbocycles. The van der Waals surface area contributed by atoms with Gasteiger partial charge in [0.2, 0.25) is 0 Å². The van der Waals surface area contributed by atoms with Gasteiger partial charge in [-0.3, -0.25) is 9.59 Å². The van der Waals surface area contributed by atoms with Crippen LogP contribution in [0.5, 0.6) is 0 Å². The summed E-state index contributed by atoms with van der Waals surface area (Å²) < 4.78 is 1.46. The number of nitrogens with zero attached hydrogens (tertiary/aromatic N) is 3. The molecule has 2 N–H and O–H groups in total. The van der Waals surface area contributed by atoms with Crippen LogP contribution in [0, 0.1) is 6.92 Å². The minimum absolute atomic E-state index is 0.265. The number of halogens is 2. The Morgan fingerprint density at radius 2 is 1.77 bits per heavy atom. The van der Waals surface area contributed by atoms with Crippen molar-refractivity contribution in [3.05, 3.63) is 81.6 Å². The van der Waals surface area contributed by atoms with E-state index in [1.807, 2.05) is 18.2 Å². The summed E-state index contributed by atoms with van der Waals surface area (Å²) in [4.78, 5) is 30.1. The SMILES string of the molecule is CNC(=O)c1cc(Cl)cc(C)c1NC(=O)c1c2ccccc2nn1-c1ccc(Cl)cn1. The highest BCUT2D eigenvalue weighted by atomic mass is 35.5. The van der Waals surface area contributed by atoms with Gasteiger partial charge >= 0.3 is 0 Å². The zero-order valence-corrected chi connectivity index (χ0v) is 18.1. The molecule has 0 bridgehead atoms. The predicted octanol–water partition coefficient (Wildman–Crippen LogP) is 4.65. The Hall–Kier alpha value is -3.42. The molecule has 156 valence electrons. The van der Waals surface area contributed by atoms with Crippen molar-refractivity contribution in [1.29, 1.82) is 0 Å². The molecule has 0 aliphatic heterocycles. The van der Waals surface area contributed by atoms with Gasteiger partial charge in [-0.25, -0.2) is 9.67 Å². The Morgan fingerprint density at radius 3 is 2.48 bits per heavy atom. The maximum absolute atomic E-state index is 13.5. The molecule has 0 aliphatic rings. The van der Waals surface area contributed by atoms with E-state index in [4.69, 9.17) is 23.2 Å². The molecule has 0 saturated heterocycles. The largest absolute Gasteiger partial charge is 0.355 e. The maximum Gasteiger partial charge on any atom is 0.275 e. The molecule has 0 fully saturated rings. The van der Waals surface area contributed by atoms with Crippen LogP contribution < -0.4 is 10.6 Å². The number of nitrogens with one attached hydrogen (secondary N) is 2. The fraction of sp³-hybridized carbons (Fsp3) is 0.0909. The van der Waals surface area contributed by atoms with Crippen molar-refractivity contribution < 1.29 is 9.59 Å². The first-order valence-electron chi connectivity index (χ1n) is 9.32. The molecule has 9 heteroatoms. The number of anilines is 1. The zero-order valence-electron chi connectivity index (χ0n) is 16.6. The van der Waals surface area contributed by atoms with E-state index in [2.05, 4.69) is 20.7 Å². The van der Waals surface area contributed by atoms with Crippen LogP contribution >= 0.6 is 23.2 Å². The second kappa shape index (κ2) is 8.37. The van der Waals surface area contributed by atoms with Crippen molar-refractivity contribution in [1.82, 2.24) is 20.1 Å². The van der Waals surface area contributed by atoms with Gasteiger partial charge in [-0.15, -0.1) is 0 Å². The second-order valence-electron chi connectivity index (χ2n) is 6.79. The Kier molecular flexibility index (Phi) is 5.63. The first-order chi connectivity index (χ1) is 14.9. The normalized spacial score (nSPS) is 10.8. The van der Waals surface area contributed by atoms with Crippen LogP contribution in [-0.4, -0.2) is 33.6 Å². The monoisotopic (exact) mass is 453 g/mol. The van der Waals surface area contributed by atoms with Crippen LogP contribution in [0.3, 0.4) is 0 Å². The first-order valence-corrected chi connectivity index (χ1v) is 10.1. The van der Waals surface area contributed by atoms with Gasteiger partial charge in [0.1, 0.15) is 5.69 Å². The minimum Gasteiger partial charge on any atom is -0.355 e. The van der Waals surface area contributed by atoms with Crippen molar-refractivity contribution in [2.24, 2.45) is 0 Å². The summed E-state index contributed by atoms with van der Waals surface area (Å²) in [5.41, 5.74) is 2.20. The van der Waals surface area contributed by atoms with E-state index in [9.17, 15) is 9.59 Å². The van der Waals surface area contributed by atoms with Crippen molar-refractivity contribution >= 4 is 51.6 Å². The molecule has 0 atom stereocenters. The highest BCUT2D eigenvalue weighted by Gasteiger charge is 2.23. The number of benzene rings is 2. The molecule has 2 aromatic heterocycles. The number of aromatic nitrogens is 3. The van der Waals surface area contributed by atoms with E-state index in [0.717, 1.165) is 0 Å². The lowest BCUT2D eigenvalue weighted by molar-refractivity contribution is 0.0964. The first kappa shape index (κ1) is 20.8. The van der Waals surface area contributed by atoms with Crippen LogP contribution in [0.2, 0.25) is 10.0 Å². The lowest BCUT2D eigenvalue weighted by Gasteiger charge is -2.15. The number of carbonyl (C=O) groups excluding carboxylic acids is 2. The molecule has 4 rings (SSSR count). The van der Waals surface area contributed by atoms with Gasteiger partial charge in [0.05, 0.1) is 21.8 Å². The van der Waals surface area contributed by atoms with Crippen LogP contribution in [0.1, 0.15) is 26.4 Å². The molecule has 2 aromatic carbocycles. The number of rotatable bonds is 4. The molecule has 7 nitrogen and oxygen atoms in total. The van der Waals surface area contributed by atoms with E-state index in [0.29, 0.717) is 38.0 Å². The number of carbonyl (C=O) groups is 2. The summed E-state index contributed by atoms with van der Waals surface area (Å²) in [5, 5.41) is 11.5. The molecule has 2 amide bonds. The molecule has 31 heavy (non-hydrogen) atoms. The van der Waals surface area contributed by atoms with Gasteiger partial charge in [-0.05, 0) is 42.8 Å². The summed E-state index contributed by atoms with van der Waals surface area (Å²) in [7, 11) is 1.51. The van der Waals surface area contributed by atoms with E-state index >= 15 is 0 Å². The van der Waals surface area contributed by atoms with Crippen LogP contribution in [0.4, 0.5) is 5.69 Å². The predicted molar refractivity (Wildman–Crippen MR) is 121 cm³/mol. The molecule has 2 heterocycles. The summed E-state index contributed by atoms with van der Waals surface area (Å²) in [6.07, 6.45) is 1.48. The number of aryl methyl sites for hydroxylation is 1. The van der Waals surface area contributed by atoms with Crippen LogP contribution in [0.25, 0.3) is 16.7 Å². The fourth-order valence-corrected chi connectivity index (χ4v) is 3.69. The van der Waals surface area contributed by atoms with Crippen molar-refractivity contribution in [3.63, 3.8) is 0 Å². The van der Waals surface area contributed by atoms with Gasteiger partial charge in [0.15, 0.2) is 5.82 Å². The lowest BCUT2D eigenvalue weighted by Crippen LogP contribution is -2.23. The number of amides is 2. The third-order valence-corrected chi connectivity index (χ3v) is 5.17. The average molecular weight is 454 g/mol. The van der Waals surface area contributed by atoms with Gasteiger partial charge in [-0.2, -0.15) is 5.10 Å². The van der Waals surface area contributed by atoms with E-state index in [1.165, 1.54) is 24.0 Å². The lowest BCUT2D eigenvalue weighted by atomic mass is 10.1. The third-order valence-electron chi connectivity index (χ3n) is 4.73. The van der Waals surface area contributed by atoms with Crippen LogP contribution in [0.15, 0.2) is 54.7 Å². The molecule has 0 unspecified atom stereocenters. The van der Waals surface area contributed by atoms with Gasteiger partial charge < -0.3 is 10.6 Å². The van der Waals surface area contributed by atoms with Gasteiger partial charge in [0.25, 0.3) is 11.8 Å². The molecule has 0 radical (unpaired) electrons.